The van der Waals surface area contributed by atoms with E-state index in [0.717, 1.165) is 18.4 Å². The fraction of sp³-hybridized carbons (Fsp3) is 0.533. The summed E-state index contributed by atoms with van der Waals surface area (Å²) in [6, 6.07) is 9.88. The predicted molar refractivity (Wildman–Crippen MR) is 74.9 cm³/mol. The summed E-state index contributed by atoms with van der Waals surface area (Å²) < 4.78 is 0. The van der Waals surface area contributed by atoms with E-state index in [2.05, 4.69) is 5.32 Å². The highest BCUT2D eigenvalue weighted by atomic mass is 35.5. The van der Waals surface area contributed by atoms with Gasteiger partial charge < -0.3 is 5.32 Å². The Morgan fingerprint density at radius 1 is 1.33 bits per heavy atom. The van der Waals surface area contributed by atoms with Crippen LogP contribution in [0.5, 0.6) is 0 Å². The van der Waals surface area contributed by atoms with Crippen molar-refractivity contribution in [1.29, 1.82) is 0 Å². The molecule has 2 nitrogen and oxygen atoms in total. The molecule has 1 amide bonds. The van der Waals surface area contributed by atoms with E-state index in [1.807, 2.05) is 44.2 Å². The highest BCUT2D eigenvalue weighted by Crippen LogP contribution is 2.46. The summed E-state index contributed by atoms with van der Waals surface area (Å²) in [4.78, 5) is 12.3. The second-order valence-electron chi connectivity index (χ2n) is 5.81. The second-order valence-corrected chi connectivity index (χ2v) is 6.07. The van der Waals surface area contributed by atoms with Gasteiger partial charge in [0.15, 0.2) is 0 Å². The molecule has 0 radical (unpaired) electrons. The van der Waals surface area contributed by atoms with Crippen LogP contribution in [0.25, 0.3) is 0 Å². The Hall–Kier alpha value is -1.02. The van der Waals surface area contributed by atoms with Crippen LogP contribution in [0.4, 0.5) is 0 Å². The van der Waals surface area contributed by atoms with E-state index < -0.39 is 5.41 Å². The highest BCUT2D eigenvalue weighted by molar-refractivity contribution is 6.18. The molecule has 2 rings (SSSR count). The van der Waals surface area contributed by atoms with Gasteiger partial charge >= 0.3 is 0 Å². The molecule has 1 saturated carbocycles. The Labute approximate surface area is 114 Å². The van der Waals surface area contributed by atoms with Crippen LogP contribution in [0.15, 0.2) is 30.3 Å². The highest BCUT2D eigenvalue weighted by Gasteiger charge is 2.42. The molecule has 1 fully saturated rings. The zero-order valence-electron chi connectivity index (χ0n) is 11.0. The van der Waals surface area contributed by atoms with Gasteiger partial charge in [0.1, 0.15) is 0 Å². The maximum absolute atomic E-state index is 12.3. The third-order valence-electron chi connectivity index (χ3n) is 3.93. The molecule has 0 heterocycles. The molecule has 0 aromatic heterocycles. The van der Waals surface area contributed by atoms with Crippen molar-refractivity contribution in [2.75, 3.05) is 12.4 Å². The van der Waals surface area contributed by atoms with Gasteiger partial charge in [0, 0.05) is 17.8 Å². The Balaban J connectivity index is 1.99. The van der Waals surface area contributed by atoms with E-state index >= 15 is 0 Å². The maximum atomic E-state index is 12.3. The van der Waals surface area contributed by atoms with Crippen LogP contribution in [0.1, 0.15) is 32.3 Å². The topological polar surface area (TPSA) is 29.1 Å². The molecule has 0 unspecified atom stereocenters. The number of benzene rings is 1. The van der Waals surface area contributed by atoms with Gasteiger partial charge in [0.05, 0.1) is 5.41 Å². The molecule has 18 heavy (non-hydrogen) atoms. The van der Waals surface area contributed by atoms with Crippen LogP contribution in [-0.2, 0) is 10.2 Å². The summed E-state index contributed by atoms with van der Waals surface area (Å²) in [5.74, 6) is 0.712. The molecular weight excluding hydrogens is 246 g/mol. The van der Waals surface area contributed by atoms with E-state index in [1.165, 1.54) is 0 Å². The van der Waals surface area contributed by atoms with E-state index in [-0.39, 0.29) is 11.3 Å². The monoisotopic (exact) mass is 265 g/mol. The first-order valence-electron chi connectivity index (χ1n) is 6.40. The van der Waals surface area contributed by atoms with E-state index in [4.69, 9.17) is 11.6 Å². The molecule has 98 valence electrons. The lowest BCUT2D eigenvalue weighted by molar-refractivity contribution is -0.125. The first kappa shape index (κ1) is 13.4. The number of hydrogen-bond donors (Lipinski definition) is 1. The van der Waals surface area contributed by atoms with Gasteiger partial charge in [-0.25, -0.2) is 0 Å². The van der Waals surface area contributed by atoms with Crippen LogP contribution in [0.3, 0.4) is 0 Å². The van der Waals surface area contributed by atoms with E-state index in [1.54, 1.807) is 0 Å². The summed E-state index contributed by atoms with van der Waals surface area (Å²) in [6.07, 6.45) is 2.26. The smallest absolute Gasteiger partial charge is 0.230 e. The van der Waals surface area contributed by atoms with Gasteiger partial charge in [0.2, 0.25) is 5.91 Å². The fourth-order valence-corrected chi connectivity index (χ4v) is 2.37. The lowest BCUT2D eigenvalue weighted by Gasteiger charge is -2.25. The zero-order chi connectivity index (χ0) is 13.2. The Bertz CT molecular complexity index is 423. The Morgan fingerprint density at radius 3 is 2.44 bits per heavy atom. The lowest BCUT2D eigenvalue weighted by atomic mass is 9.83. The Morgan fingerprint density at radius 2 is 1.94 bits per heavy atom. The molecule has 1 aromatic rings. The minimum absolute atomic E-state index is 0.0742. The molecule has 1 aromatic carbocycles. The summed E-state index contributed by atoms with van der Waals surface area (Å²) in [7, 11) is 0. The van der Waals surface area contributed by atoms with Gasteiger partial charge in [-0.15, -0.1) is 11.6 Å². The lowest BCUT2D eigenvalue weighted by Crippen LogP contribution is -2.42. The first-order valence-corrected chi connectivity index (χ1v) is 6.93. The third kappa shape index (κ3) is 2.69. The van der Waals surface area contributed by atoms with E-state index in [0.29, 0.717) is 12.4 Å². The molecule has 0 saturated heterocycles. The minimum atomic E-state index is -0.496. The predicted octanol–water partition coefficient (Wildman–Crippen LogP) is 3.10. The van der Waals surface area contributed by atoms with Gasteiger partial charge in [-0.05, 0) is 32.3 Å². The molecule has 3 heteroatoms. The number of hydrogen-bond acceptors (Lipinski definition) is 1. The number of rotatable bonds is 5. The quantitative estimate of drug-likeness (QED) is 0.815. The Kier molecular flexibility index (Phi) is 3.67. The molecule has 1 aliphatic carbocycles. The maximum Gasteiger partial charge on any atom is 0.230 e. The number of carbonyl (C=O) groups excluding carboxylic acids is 1. The van der Waals surface area contributed by atoms with Crippen molar-refractivity contribution in [3.8, 4) is 0 Å². The summed E-state index contributed by atoms with van der Waals surface area (Å²) >= 11 is 5.92. The normalized spacial score (nSPS) is 17.3. The van der Waals surface area contributed by atoms with Crippen LogP contribution < -0.4 is 5.32 Å². The summed E-state index contributed by atoms with van der Waals surface area (Å²) in [6.45, 7) is 4.61. The van der Waals surface area contributed by atoms with Gasteiger partial charge in [-0.3, -0.25) is 4.79 Å². The molecule has 1 N–H and O–H groups in total. The van der Waals surface area contributed by atoms with Crippen molar-refractivity contribution in [1.82, 2.24) is 5.32 Å². The van der Waals surface area contributed by atoms with Crippen LogP contribution >= 0.6 is 11.6 Å². The number of amides is 1. The van der Waals surface area contributed by atoms with Crippen molar-refractivity contribution in [2.45, 2.75) is 32.1 Å². The van der Waals surface area contributed by atoms with Crippen molar-refractivity contribution in [2.24, 2.45) is 5.41 Å². The number of nitrogens with one attached hydrogen (secondary N) is 1. The standard InChI is InChI=1S/C15H20ClNO/c1-14(2,12-6-4-3-5-7-12)13(18)17-11-15(10-16)8-9-15/h3-7H,8-11H2,1-2H3,(H,17,18). The van der Waals surface area contributed by atoms with Crippen molar-refractivity contribution < 1.29 is 4.79 Å². The average molecular weight is 266 g/mol. The van der Waals surface area contributed by atoms with Crippen molar-refractivity contribution >= 4 is 17.5 Å². The van der Waals surface area contributed by atoms with Gasteiger partial charge in [-0.1, -0.05) is 30.3 Å². The first-order chi connectivity index (χ1) is 8.50. The molecule has 0 atom stereocenters. The molecule has 0 aliphatic heterocycles. The minimum Gasteiger partial charge on any atom is -0.355 e. The van der Waals surface area contributed by atoms with Crippen LogP contribution in [0, 0.1) is 5.41 Å². The van der Waals surface area contributed by atoms with Crippen molar-refractivity contribution in [3.63, 3.8) is 0 Å². The SMILES string of the molecule is CC(C)(C(=O)NCC1(CCl)CC1)c1ccccc1. The number of halogens is 1. The molecule has 0 bridgehead atoms. The molecule has 1 aliphatic rings. The second kappa shape index (κ2) is 4.93. The summed E-state index contributed by atoms with van der Waals surface area (Å²) in [5.41, 5.74) is 0.714. The summed E-state index contributed by atoms with van der Waals surface area (Å²) in [5, 5.41) is 3.05. The van der Waals surface area contributed by atoms with Crippen LogP contribution in [0.2, 0.25) is 0 Å². The average Bonchev–Trinajstić information content (AvgIpc) is 3.17. The zero-order valence-corrected chi connectivity index (χ0v) is 11.8. The number of alkyl halides is 1. The van der Waals surface area contributed by atoms with Gasteiger partial charge in [-0.2, -0.15) is 0 Å². The van der Waals surface area contributed by atoms with Crippen LogP contribution in [-0.4, -0.2) is 18.3 Å². The van der Waals surface area contributed by atoms with E-state index in [9.17, 15) is 4.79 Å². The molecular formula is C15H20ClNO. The molecule has 0 spiro atoms. The number of carbonyl (C=O) groups is 1. The van der Waals surface area contributed by atoms with Gasteiger partial charge in [0.25, 0.3) is 0 Å². The fourth-order valence-electron chi connectivity index (χ4n) is 2.01. The largest absolute Gasteiger partial charge is 0.355 e. The van der Waals surface area contributed by atoms with Crippen molar-refractivity contribution in [3.05, 3.63) is 35.9 Å². The third-order valence-corrected chi connectivity index (χ3v) is 4.49.